The lowest BCUT2D eigenvalue weighted by molar-refractivity contribution is -0.114. The second-order valence-corrected chi connectivity index (χ2v) is 8.71. The van der Waals surface area contributed by atoms with Gasteiger partial charge in [0.05, 0.1) is 11.4 Å². The highest BCUT2D eigenvalue weighted by Crippen LogP contribution is 2.25. The Morgan fingerprint density at radius 1 is 0.848 bits per heavy atom. The van der Waals surface area contributed by atoms with E-state index in [-0.39, 0.29) is 22.4 Å². The molecule has 0 aliphatic rings. The molecule has 3 rings (SSSR count). The van der Waals surface area contributed by atoms with Crippen LogP contribution in [0.15, 0.2) is 60.7 Å². The van der Waals surface area contributed by atoms with Crippen molar-refractivity contribution in [2.24, 2.45) is 0 Å². The zero-order valence-electron chi connectivity index (χ0n) is 19.0. The lowest BCUT2D eigenvalue weighted by Crippen LogP contribution is -2.14. The molecular weight excluding hydrogens is 426 g/mol. The van der Waals surface area contributed by atoms with E-state index >= 15 is 0 Å². The third-order valence-corrected chi connectivity index (χ3v) is 4.96. The first kappa shape index (κ1) is 23.9. The Hall–Kier alpha value is -3.74. The van der Waals surface area contributed by atoms with E-state index in [9.17, 15) is 18.4 Å². The summed E-state index contributed by atoms with van der Waals surface area (Å²) in [5.74, 6) is -2.22. The smallest absolute Gasteiger partial charge is 0.255 e. The van der Waals surface area contributed by atoms with Crippen molar-refractivity contribution in [3.63, 3.8) is 0 Å². The highest BCUT2D eigenvalue weighted by Gasteiger charge is 2.15. The summed E-state index contributed by atoms with van der Waals surface area (Å²) in [6.07, 6.45) is 0. The highest BCUT2D eigenvalue weighted by molar-refractivity contribution is 6.04. The van der Waals surface area contributed by atoms with E-state index in [0.717, 1.165) is 17.4 Å². The van der Waals surface area contributed by atoms with Gasteiger partial charge in [-0.15, -0.1) is 0 Å². The fraction of sp³-hybridized carbons (Fsp3) is 0.231. The molecule has 2 N–H and O–H groups in total. The van der Waals surface area contributed by atoms with Crippen molar-refractivity contribution in [2.45, 2.75) is 39.7 Å². The second kappa shape index (κ2) is 9.81. The number of ether oxygens (including phenoxy) is 1. The normalized spacial score (nSPS) is 11.1. The van der Waals surface area contributed by atoms with Gasteiger partial charge in [-0.1, -0.05) is 45.0 Å². The summed E-state index contributed by atoms with van der Waals surface area (Å²) in [5, 5.41) is 4.65. The predicted octanol–water partition coefficient (Wildman–Crippen LogP) is 6.05. The highest BCUT2D eigenvalue weighted by atomic mass is 19.1. The van der Waals surface area contributed by atoms with E-state index in [1.165, 1.54) is 12.5 Å². The van der Waals surface area contributed by atoms with E-state index in [0.29, 0.717) is 12.7 Å². The molecule has 0 radical (unpaired) electrons. The van der Waals surface area contributed by atoms with E-state index in [4.69, 9.17) is 4.74 Å². The molecule has 0 fully saturated rings. The fourth-order valence-corrected chi connectivity index (χ4v) is 3.09. The Labute approximate surface area is 191 Å². The molecule has 7 heteroatoms. The number of rotatable bonds is 6. The Balaban J connectivity index is 1.63. The van der Waals surface area contributed by atoms with Crippen LogP contribution in [0.5, 0.6) is 5.75 Å². The topological polar surface area (TPSA) is 67.4 Å². The van der Waals surface area contributed by atoms with Crippen LogP contribution in [-0.4, -0.2) is 11.8 Å². The summed E-state index contributed by atoms with van der Waals surface area (Å²) in [5.41, 5.74) is 1.97. The average Bonchev–Trinajstić information content (AvgIpc) is 2.75. The predicted molar refractivity (Wildman–Crippen MR) is 125 cm³/mol. The number of nitrogens with one attached hydrogen (secondary N) is 2. The largest absolute Gasteiger partial charge is 0.489 e. The zero-order chi connectivity index (χ0) is 24.2. The Bertz CT molecular complexity index is 1150. The first-order valence-corrected chi connectivity index (χ1v) is 10.4. The number of hydrogen-bond donors (Lipinski definition) is 2. The van der Waals surface area contributed by atoms with Crippen molar-refractivity contribution < 1.29 is 23.1 Å². The molecule has 172 valence electrons. The molecule has 0 saturated carbocycles. The summed E-state index contributed by atoms with van der Waals surface area (Å²) in [7, 11) is 0. The van der Waals surface area contributed by atoms with Crippen molar-refractivity contribution in [1.29, 1.82) is 0 Å². The summed E-state index contributed by atoms with van der Waals surface area (Å²) in [6.45, 7) is 7.96. The van der Waals surface area contributed by atoms with Gasteiger partial charge in [0, 0.05) is 18.6 Å². The van der Waals surface area contributed by atoms with Crippen molar-refractivity contribution in [2.75, 3.05) is 10.6 Å². The summed E-state index contributed by atoms with van der Waals surface area (Å²) < 4.78 is 33.7. The third kappa shape index (κ3) is 6.38. The summed E-state index contributed by atoms with van der Waals surface area (Å²) in [4.78, 5) is 23.7. The monoisotopic (exact) mass is 452 g/mol. The molecule has 0 aromatic heterocycles. The molecule has 5 nitrogen and oxygen atoms in total. The van der Waals surface area contributed by atoms with E-state index < -0.39 is 23.4 Å². The van der Waals surface area contributed by atoms with E-state index in [1.54, 1.807) is 24.3 Å². The molecule has 0 aliphatic heterocycles. The number of amides is 2. The summed E-state index contributed by atoms with van der Waals surface area (Å²) >= 11 is 0. The van der Waals surface area contributed by atoms with Crippen molar-refractivity contribution in [3.05, 3.63) is 89.0 Å². The Morgan fingerprint density at radius 2 is 1.42 bits per heavy atom. The Kier molecular flexibility index (Phi) is 7.11. The molecule has 0 atom stereocenters. The van der Waals surface area contributed by atoms with Gasteiger partial charge in [0.1, 0.15) is 24.0 Å². The van der Waals surface area contributed by atoms with Crippen LogP contribution in [0.4, 0.5) is 20.2 Å². The SMILES string of the molecule is CC(=O)Nc1cc(NC(=O)c2ccc(COc3ccc(C(C)(C)C)cc3)cc2)c(F)cc1F. The summed E-state index contributed by atoms with van der Waals surface area (Å²) in [6, 6.07) is 16.2. The minimum atomic E-state index is -0.947. The first-order chi connectivity index (χ1) is 15.5. The van der Waals surface area contributed by atoms with Gasteiger partial charge < -0.3 is 15.4 Å². The fourth-order valence-electron chi connectivity index (χ4n) is 3.09. The van der Waals surface area contributed by atoms with Gasteiger partial charge in [-0.3, -0.25) is 9.59 Å². The molecule has 3 aromatic rings. The molecule has 0 saturated heterocycles. The first-order valence-electron chi connectivity index (χ1n) is 10.4. The molecule has 3 aromatic carbocycles. The molecular formula is C26H26F2N2O3. The maximum Gasteiger partial charge on any atom is 0.255 e. The molecule has 0 bridgehead atoms. The van der Waals surface area contributed by atoms with Gasteiger partial charge in [-0.2, -0.15) is 0 Å². The van der Waals surface area contributed by atoms with Crippen LogP contribution >= 0.6 is 0 Å². The van der Waals surface area contributed by atoms with Crippen LogP contribution < -0.4 is 15.4 Å². The van der Waals surface area contributed by atoms with Crippen LogP contribution in [-0.2, 0) is 16.8 Å². The molecule has 33 heavy (non-hydrogen) atoms. The van der Waals surface area contributed by atoms with Crippen molar-refractivity contribution in [1.82, 2.24) is 0 Å². The van der Waals surface area contributed by atoms with Gasteiger partial charge in [0.25, 0.3) is 5.91 Å². The number of anilines is 2. The van der Waals surface area contributed by atoms with Crippen LogP contribution in [0.25, 0.3) is 0 Å². The van der Waals surface area contributed by atoms with Gasteiger partial charge in [-0.25, -0.2) is 8.78 Å². The lowest BCUT2D eigenvalue weighted by atomic mass is 9.87. The Morgan fingerprint density at radius 3 is 1.97 bits per heavy atom. The molecule has 0 unspecified atom stereocenters. The third-order valence-electron chi connectivity index (χ3n) is 4.96. The standard InChI is InChI=1S/C26H26F2N2O3/c1-16(31)29-23-14-24(22(28)13-21(23)27)30-25(32)18-7-5-17(6-8-18)15-33-20-11-9-19(10-12-20)26(2,3)4/h5-14H,15H2,1-4H3,(H,29,31)(H,30,32). The van der Waals surface area contributed by atoms with E-state index in [1.807, 2.05) is 24.3 Å². The number of carbonyl (C=O) groups excluding carboxylic acids is 2. The lowest BCUT2D eigenvalue weighted by Gasteiger charge is -2.19. The van der Waals surface area contributed by atoms with Crippen LogP contribution in [0, 0.1) is 11.6 Å². The maximum absolute atomic E-state index is 14.1. The van der Waals surface area contributed by atoms with Crippen molar-refractivity contribution in [3.8, 4) is 5.75 Å². The van der Waals surface area contributed by atoms with Gasteiger partial charge in [0.2, 0.25) is 5.91 Å². The van der Waals surface area contributed by atoms with Crippen LogP contribution in [0.3, 0.4) is 0 Å². The van der Waals surface area contributed by atoms with Gasteiger partial charge in [0.15, 0.2) is 0 Å². The number of benzene rings is 3. The molecule has 0 aliphatic carbocycles. The minimum Gasteiger partial charge on any atom is -0.489 e. The van der Waals surface area contributed by atoms with Crippen LogP contribution in [0.1, 0.15) is 49.2 Å². The average molecular weight is 453 g/mol. The molecule has 2 amide bonds. The maximum atomic E-state index is 14.1. The number of hydrogen-bond acceptors (Lipinski definition) is 3. The molecule has 0 heterocycles. The minimum absolute atomic E-state index is 0.0667. The van der Waals surface area contributed by atoms with Gasteiger partial charge >= 0.3 is 0 Å². The second-order valence-electron chi connectivity index (χ2n) is 8.71. The number of carbonyl (C=O) groups is 2. The van der Waals surface area contributed by atoms with Crippen molar-refractivity contribution >= 4 is 23.2 Å². The quantitative estimate of drug-likeness (QED) is 0.478. The zero-order valence-corrected chi connectivity index (χ0v) is 19.0. The van der Waals surface area contributed by atoms with Crippen LogP contribution in [0.2, 0.25) is 0 Å². The molecule has 0 spiro atoms. The van der Waals surface area contributed by atoms with Gasteiger partial charge in [-0.05, 0) is 46.9 Å². The van der Waals surface area contributed by atoms with E-state index in [2.05, 4.69) is 31.4 Å². The number of halogens is 2.